The van der Waals surface area contributed by atoms with Crippen molar-refractivity contribution in [2.75, 3.05) is 20.2 Å². The number of allylic oxidation sites excluding steroid dienone is 2. The van der Waals surface area contributed by atoms with Gasteiger partial charge in [-0.1, -0.05) is 25.5 Å². The molecule has 0 amide bonds. The number of ether oxygens (including phenoxy) is 1. The molecule has 1 heterocycles. The third-order valence-corrected chi connectivity index (χ3v) is 5.74. The van der Waals surface area contributed by atoms with Gasteiger partial charge in [-0.2, -0.15) is 0 Å². The number of methoxy groups -OCH3 is 1. The van der Waals surface area contributed by atoms with Gasteiger partial charge >= 0.3 is 0 Å². The molecule has 0 spiro atoms. The van der Waals surface area contributed by atoms with Gasteiger partial charge in [0.1, 0.15) is 5.75 Å². The molecule has 1 aromatic rings. The Morgan fingerprint density at radius 1 is 1.45 bits per heavy atom. The van der Waals surface area contributed by atoms with Gasteiger partial charge in [0.15, 0.2) is 0 Å². The molecule has 0 fully saturated rings. The minimum atomic E-state index is 0.136. The van der Waals surface area contributed by atoms with Crippen molar-refractivity contribution in [1.29, 1.82) is 0 Å². The van der Waals surface area contributed by atoms with E-state index >= 15 is 0 Å². The van der Waals surface area contributed by atoms with E-state index in [2.05, 4.69) is 67.2 Å². The zero-order chi connectivity index (χ0) is 16.3. The Bertz CT molecular complexity index is 565. The number of benzene rings is 1. The van der Waals surface area contributed by atoms with E-state index in [0.29, 0.717) is 5.92 Å². The first-order chi connectivity index (χ1) is 10.4. The summed E-state index contributed by atoms with van der Waals surface area (Å²) in [5.41, 5.74) is 4.48. The highest BCUT2D eigenvalue weighted by Crippen LogP contribution is 2.43. The molecule has 1 atom stereocenters. The SMILES string of the molecule is CC=C(C)CC1(C(C)C)CNCCc2cc(OC)c(Br)cc21. The molecular formula is C19H28BrNO. The van der Waals surface area contributed by atoms with E-state index < -0.39 is 0 Å². The molecule has 0 aromatic heterocycles. The van der Waals surface area contributed by atoms with Crippen LogP contribution < -0.4 is 10.1 Å². The van der Waals surface area contributed by atoms with Crippen LogP contribution in [0.15, 0.2) is 28.3 Å². The molecule has 2 rings (SSSR count). The van der Waals surface area contributed by atoms with Gasteiger partial charge in [-0.05, 0) is 78.3 Å². The zero-order valence-corrected chi connectivity index (χ0v) is 16.0. The van der Waals surface area contributed by atoms with Crippen molar-refractivity contribution >= 4 is 15.9 Å². The molecule has 1 aliphatic rings. The van der Waals surface area contributed by atoms with Gasteiger partial charge < -0.3 is 10.1 Å². The van der Waals surface area contributed by atoms with Gasteiger partial charge in [0, 0.05) is 12.0 Å². The van der Waals surface area contributed by atoms with Crippen molar-refractivity contribution in [3.8, 4) is 5.75 Å². The summed E-state index contributed by atoms with van der Waals surface area (Å²) in [6, 6.07) is 4.51. The van der Waals surface area contributed by atoms with E-state index in [1.165, 1.54) is 16.7 Å². The molecule has 1 aromatic carbocycles. The largest absolute Gasteiger partial charge is 0.496 e. The maximum atomic E-state index is 5.50. The van der Waals surface area contributed by atoms with Gasteiger partial charge in [0.2, 0.25) is 0 Å². The molecular weight excluding hydrogens is 338 g/mol. The van der Waals surface area contributed by atoms with Gasteiger partial charge in [-0.15, -0.1) is 0 Å². The second-order valence-electron chi connectivity index (χ2n) is 6.69. The average molecular weight is 366 g/mol. The van der Waals surface area contributed by atoms with E-state index in [9.17, 15) is 0 Å². The van der Waals surface area contributed by atoms with E-state index in [1.807, 2.05) is 0 Å². The zero-order valence-electron chi connectivity index (χ0n) is 14.4. The van der Waals surface area contributed by atoms with Gasteiger partial charge in [-0.3, -0.25) is 0 Å². The van der Waals surface area contributed by atoms with E-state index in [4.69, 9.17) is 4.74 Å². The molecule has 2 nitrogen and oxygen atoms in total. The quantitative estimate of drug-likeness (QED) is 0.769. The lowest BCUT2D eigenvalue weighted by Gasteiger charge is -2.39. The molecule has 0 radical (unpaired) electrons. The Kier molecular flexibility index (Phi) is 5.73. The normalized spacial score (nSPS) is 22.4. The van der Waals surface area contributed by atoms with Crippen LogP contribution in [0.25, 0.3) is 0 Å². The lowest BCUT2D eigenvalue weighted by atomic mass is 9.66. The Balaban J connectivity index is 2.63. The second-order valence-corrected chi connectivity index (χ2v) is 7.55. The van der Waals surface area contributed by atoms with Crippen molar-refractivity contribution in [1.82, 2.24) is 5.32 Å². The van der Waals surface area contributed by atoms with Crippen LogP contribution in [-0.4, -0.2) is 20.2 Å². The summed E-state index contributed by atoms with van der Waals surface area (Å²) < 4.78 is 6.56. The van der Waals surface area contributed by atoms with Gasteiger partial charge in [-0.25, -0.2) is 0 Å². The molecule has 0 saturated heterocycles. The van der Waals surface area contributed by atoms with Crippen molar-refractivity contribution < 1.29 is 4.74 Å². The van der Waals surface area contributed by atoms with Crippen LogP contribution in [0.1, 0.15) is 45.2 Å². The predicted octanol–water partition coefficient (Wildman–Crippen LogP) is 4.85. The third kappa shape index (κ3) is 3.26. The molecule has 0 saturated carbocycles. The Morgan fingerprint density at radius 3 is 2.77 bits per heavy atom. The summed E-state index contributed by atoms with van der Waals surface area (Å²) in [5.74, 6) is 1.49. The third-order valence-electron chi connectivity index (χ3n) is 5.12. The lowest BCUT2D eigenvalue weighted by Crippen LogP contribution is -2.42. The number of halogens is 1. The fraction of sp³-hybridized carbons (Fsp3) is 0.579. The number of hydrogen-bond acceptors (Lipinski definition) is 2. The highest BCUT2D eigenvalue weighted by molar-refractivity contribution is 9.10. The van der Waals surface area contributed by atoms with Crippen molar-refractivity contribution in [3.05, 3.63) is 39.4 Å². The minimum absolute atomic E-state index is 0.136. The Hall–Kier alpha value is -0.800. The first-order valence-corrected chi connectivity index (χ1v) is 8.93. The standard InChI is InChI=1S/C19H28BrNO/c1-6-14(4)11-19(13(2)3)12-21-8-7-15-9-18(22-5)17(20)10-16(15)19/h6,9-10,13,21H,7-8,11-12H2,1-5H3. The molecule has 122 valence electrons. The fourth-order valence-corrected chi connectivity index (χ4v) is 4.03. The van der Waals surface area contributed by atoms with E-state index in [-0.39, 0.29) is 5.41 Å². The molecule has 3 heteroatoms. The summed E-state index contributed by atoms with van der Waals surface area (Å²) in [5, 5.41) is 3.67. The van der Waals surface area contributed by atoms with Crippen LogP contribution in [0, 0.1) is 5.92 Å². The summed E-state index contributed by atoms with van der Waals surface area (Å²) in [6.45, 7) is 11.1. The van der Waals surface area contributed by atoms with Crippen LogP contribution in [-0.2, 0) is 11.8 Å². The summed E-state index contributed by atoms with van der Waals surface area (Å²) >= 11 is 3.69. The molecule has 22 heavy (non-hydrogen) atoms. The fourth-order valence-electron chi connectivity index (χ4n) is 3.53. The van der Waals surface area contributed by atoms with Crippen LogP contribution in [0.5, 0.6) is 5.75 Å². The van der Waals surface area contributed by atoms with Crippen molar-refractivity contribution in [2.24, 2.45) is 5.92 Å². The molecule has 0 aliphatic carbocycles. The second kappa shape index (κ2) is 7.18. The molecule has 1 N–H and O–H groups in total. The predicted molar refractivity (Wildman–Crippen MR) is 97.8 cm³/mol. The van der Waals surface area contributed by atoms with E-state index in [1.54, 1.807) is 7.11 Å². The van der Waals surface area contributed by atoms with Crippen molar-refractivity contribution in [3.63, 3.8) is 0 Å². The first kappa shape index (κ1) is 17.6. The van der Waals surface area contributed by atoms with Crippen LogP contribution in [0.2, 0.25) is 0 Å². The molecule has 1 aliphatic heterocycles. The number of nitrogens with one attached hydrogen (secondary N) is 1. The van der Waals surface area contributed by atoms with E-state index in [0.717, 1.165) is 36.2 Å². The highest BCUT2D eigenvalue weighted by atomic mass is 79.9. The number of hydrogen-bond donors (Lipinski definition) is 1. The van der Waals surface area contributed by atoms with Crippen molar-refractivity contribution in [2.45, 2.75) is 46.0 Å². The smallest absolute Gasteiger partial charge is 0.133 e. The first-order valence-electron chi connectivity index (χ1n) is 8.14. The highest BCUT2D eigenvalue weighted by Gasteiger charge is 2.38. The van der Waals surface area contributed by atoms with Crippen LogP contribution in [0.4, 0.5) is 0 Å². The maximum absolute atomic E-state index is 5.50. The summed E-state index contributed by atoms with van der Waals surface area (Å²) in [6.07, 6.45) is 4.40. The monoisotopic (exact) mass is 365 g/mol. The van der Waals surface area contributed by atoms with Gasteiger partial charge in [0.05, 0.1) is 11.6 Å². The number of rotatable bonds is 4. The molecule has 0 bridgehead atoms. The Morgan fingerprint density at radius 2 is 2.18 bits per heavy atom. The number of fused-ring (bicyclic) bond motifs is 1. The average Bonchev–Trinajstić information content (AvgIpc) is 2.67. The minimum Gasteiger partial charge on any atom is -0.496 e. The summed E-state index contributed by atoms with van der Waals surface area (Å²) in [4.78, 5) is 0. The van der Waals surface area contributed by atoms with Crippen LogP contribution >= 0.6 is 15.9 Å². The van der Waals surface area contributed by atoms with Gasteiger partial charge in [0.25, 0.3) is 0 Å². The Labute approximate surface area is 143 Å². The van der Waals surface area contributed by atoms with Crippen LogP contribution in [0.3, 0.4) is 0 Å². The summed E-state index contributed by atoms with van der Waals surface area (Å²) in [7, 11) is 1.74. The lowest BCUT2D eigenvalue weighted by molar-refractivity contribution is 0.293. The maximum Gasteiger partial charge on any atom is 0.133 e. The topological polar surface area (TPSA) is 21.3 Å². The molecule has 1 unspecified atom stereocenters.